The van der Waals surface area contributed by atoms with Crippen molar-refractivity contribution in [2.24, 2.45) is 5.10 Å². The van der Waals surface area contributed by atoms with Crippen molar-refractivity contribution in [1.82, 2.24) is 10.4 Å². The molecule has 0 bridgehead atoms. The van der Waals surface area contributed by atoms with Crippen molar-refractivity contribution in [3.05, 3.63) is 79.7 Å². The Labute approximate surface area is 166 Å². The Hall–Kier alpha value is -3.04. The molecule has 10 heteroatoms. The highest BCUT2D eigenvalue weighted by Gasteiger charge is 2.14. The molecule has 0 saturated heterocycles. The Bertz CT molecular complexity index is 1050. The van der Waals surface area contributed by atoms with E-state index in [9.17, 15) is 14.9 Å². The molecule has 0 atom stereocenters. The number of hydrogen-bond donors (Lipinski definition) is 1. The topological polar surface area (TPSA) is 111 Å². The number of non-ortho nitro benzene ring substituents is 1. The molecular weight excluding hydrogens is 440 g/mol. The lowest BCUT2D eigenvalue weighted by Crippen LogP contribution is -2.17. The number of nitro benzene ring substituents is 1. The Kier molecular flexibility index (Phi) is 5.63. The zero-order valence-electron chi connectivity index (χ0n) is 13.4. The molecule has 1 amide bonds. The number of rotatable bonds is 5. The fraction of sp³-hybridized carbons (Fsp3) is 0. The largest absolute Gasteiger partial charge is 0.455 e. The van der Waals surface area contributed by atoms with Crippen LogP contribution in [0.4, 0.5) is 5.69 Å². The molecule has 3 rings (SSSR count). The minimum absolute atomic E-state index is 0.101. The highest BCUT2D eigenvalue weighted by Crippen LogP contribution is 2.32. The summed E-state index contributed by atoms with van der Waals surface area (Å²) >= 11 is 9.32. The molecular formula is C17H10BrClN4O4. The van der Waals surface area contributed by atoms with Gasteiger partial charge in [0.1, 0.15) is 11.5 Å². The van der Waals surface area contributed by atoms with E-state index in [4.69, 9.17) is 16.0 Å². The zero-order valence-corrected chi connectivity index (χ0v) is 15.8. The molecule has 8 nitrogen and oxygen atoms in total. The van der Waals surface area contributed by atoms with Crippen molar-refractivity contribution >= 4 is 45.3 Å². The van der Waals surface area contributed by atoms with Gasteiger partial charge in [-0.3, -0.25) is 19.9 Å². The molecule has 2 heterocycles. The van der Waals surface area contributed by atoms with Crippen molar-refractivity contribution in [1.29, 1.82) is 0 Å². The van der Waals surface area contributed by atoms with Crippen LogP contribution in [0.1, 0.15) is 16.1 Å². The number of aromatic nitrogens is 1. The normalized spacial score (nSPS) is 10.9. The monoisotopic (exact) mass is 448 g/mol. The fourth-order valence-electron chi connectivity index (χ4n) is 2.14. The molecule has 1 N–H and O–H groups in total. The Morgan fingerprint density at radius 1 is 1.30 bits per heavy atom. The van der Waals surface area contributed by atoms with Gasteiger partial charge in [-0.25, -0.2) is 5.43 Å². The first kappa shape index (κ1) is 18.7. The van der Waals surface area contributed by atoms with E-state index in [0.29, 0.717) is 32.1 Å². The van der Waals surface area contributed by atoms with Crippen LogP contribution in [-0.2, 0) is 0 Å². The second kappa shape index (κ2) is 8.11. The maximum absolute atomic E-state index is 12.0. The second-order valence-corrected chi connectivity index (χ2v) is 6.54. The lowest BCUT2D eigenvalue weighted by atomic mass is 10.1. The summed E-state index contributed by atoms with van der Waals surface area (Å²) in [6.45, 7) is 0. The van der Waals surface area contributed by atoms with Gasteiger partial charge in [0.25, 0.3) is 11.6 Å². The van der Waals surface area contributed by atoms with Crippen LogP contribution in [-0.4, -0.2) is 22.0 Å². The van der Waals surface area contributed by atoms with Crippen molar-refractivity contribution in [2.45, 2.75) is 0 Å². The number of hydrogen-bond acceptors (Lipinski definition) is 6. The molecule has 0 aliphatic heterocycles. The average molecular weight is 450 g/mol. The predicted octanol–water partition coefficient (Wildman–Crippen LogP) is 4.43. The SMILES string of the molecule is O=C(N/N=C\c1ccc(-c2cc([N+](=O)[O-])ccc2Cl)o1)c1cncc(Br)c1. The lowest BCUT2D eigenvalue weighted by molar-refractivity contribution is -0.384. The van der Waals surface area contributed by atoms with Crippen LogP contribution in [0.25, 0.3) is 11.3 Å². The number of furan rings is 1. The lowest BCUT2D eigenvalue weighted by Gasteiger charge is -2.00. The summed E-state index contributed by atoms with van der Waals surface area (Å²) < 4.78 is 6.23. The first-order valence-corrected chi connectivity index (χ1v) is 8.59. The Balaban J connectivity index is 1.73. The van der Waals surface area contributed by atoms with Gasteiger partial charge in [-0.05, 0) is 40.2 Å². The molecule has 2 aromatic heterocycles. The number of nitrogens with zero attached hydrogens (tertiary/aromatic N) is 3. The Morgan fingerprint density at radius 3 is 2.85 bits per heavy atom. The smallest absolute Gasteiger partial charge is 0.272 e. The molecule has 3 aromatic rings. The van der Waals surface area contributed by atoms with Crippen molar-refractivity contribution < 1.29 is 14.1 Å². The standard InChI is InChI=1S/C17H10BrClN4O4/c18-11-5-10(7-20-8-11)17(24)22-21-9-13-2-4-16(27-13)14-6-12(23(25)26)1-3-15(14)19/h1-9H,(H,22,24)/b21-9-. The molecule has 0 aliphatic carbocycles. The van der Waals surface area contributed by atoms with Gasteiger partial charge in [-0.2, -0.15) is 5.10 Å². The third-order valence-electron chi connectivity index (χ3n) is 3.38. The van der Waals surface area contributed by atoms with Gasteiger partial charge in [0.2, 0.25) is 0 Å². The van der Waals surface area contributed by atoms with E-state index in [1.807, 2.05) is 0 Å². The third-order valence-corrected chi connectivity index (χ3v) is 4.14. The molecule has 0 aliphatic rings. The van der Waals surface area contributed by atoms with Gasteiger partial charge < -0.3 is 4.42 Å². The summed E-state index contributed by atoms with van der Waals surface area (Å²) in [5.74, 6) is 0.237. The number of benzene rings is 1. The molecule has 0 unspecified atom stereocenters. The minimum atomic E-state index is -0.516. The van der Waals surface area contributed by atoms with Crippen LogP contribution in [0.3, 0.4) is 0 Å². The maximum atomic E-state index is 12.0. The van der Waals surface area contributed by atoms with Gasteiger partial charge in [-0.1, -0.05) is 11.6 Å². The van der Waals surface area contributed by atoms with E-state index in [1.54, 1.807) is 24.4 Å². The van der Waals surface area contributed by atoms with Crippen molar-refractivity contribution in [3.63, 3.8) is 0 Å². The van der Waals surface area contributed by atoms with Crippen LogP contribution in [0, 0.1) is 10.1 Å². The summed E-state index contributed by atoms with van der Waals surface area (Å²) in [4.78, 5) is 26.3. The highest BCUT2D eigenvalue weighted by atomic mass is 79.9. The molecule has 0 spiro atoms. The maximum Gasteiger partial charge on any atom is 0.272 e. The van der Waals surface area contributed by atoms with Crippen LogP contribution >= 0.6 is 27.5 Å². The van der Waals surface area contributed by atoms with Crippen LogP contribution < -0.4 is 5.43 Å². The number of nitro groups is 1. The molecule has 0 radical (unpaired) electrons. The quantitative estimate of drug-likeness (QED) is 0.352. The van der Waals surface area contributed by atoms with E-state index < -0.39 is 10.8 Å². The molecule has 1 aromatic carbocycles. The number of halogens is 2. The van der Waals surface area contributed by atoms with Crippen LogP contribution in [0.15, 0.2) is 62.8 Å². The zero-order chi connectivity index (χ0) is 19.4. The van der Waals surface area contributed by atoms with Crippen molar-refractivity contribution in [3.8, 4) is 11.3 Å². The van der Waals surface area contributed by atoms with Gasteiger partial charge in [0.15, 0.2) is 0 Å². The third kappa shape index (κ3) is 4.57. The summed E-state index contributed by atoms with van der Waals surface area (Å²) in [7, 11) is 0. The number of amides is 1. The summed E-state index contributed by atoms with van der Waals surface area (Å²) in [5, 5.41) is 15.0. The van der Waals surface area contributed by atoms with Gasteiger partial charge in [0, 0.05) is 34.6 Å². The fourth-order valence-corrected chi connectivity index (χ4v) is 2.71. The number of pyridine rings is 1. The molecule has 27 heavy (non-hydrogen) atoms. The Morgan fingerprint density at radius 2 is 2.11 bits per heavy atom. The molecule has 0 saturated carbocycles. The first-order valence-electron chi connectivity index (χ1n) is 7.42. The number of hydrazone groups is 1. The molecule has 0 fully saturated rings. The first-order chi connectivity index (χ1) is 12.9. The van der Waals surface area contributed by atoms with E-state index in [0.717, 1.165) is 0 Å². The van der Waals surface area contributed by atoms with Gasteiger partial charge in [-0.15, -0.1) is 0 Å². The number of carbonyl (C=O) groups excluding carboxylic acids is 1. The van der Waals surface area contributed by atoms with Crippen molar-refractivity contribution in [2.75, 3.05) is 0 Å². The van der Waals surface area contributed by atoms with E-state index in [-0.39, 0.29) is 5.69 Å². The summed E-state index contributed by atoms with van der Waals surface area (Å²) in [5.41, 5.74) is 2.97. The minimum Gasteiger partial charge on any atom is -0.455 e. The van der Waals surface area contributed by atoms with E-state index >= 15 is 0 Å². The van der Waals surface area contributed by atoms with Crippen LogP contribution in [0.2, 0.25) is 5.02 Å². The van der Waals surface area contributed by atoms with Crippen LogP contribution in [0.5, 0.6) is 0 Å². The predicted molar refractivity (Wildman–Crippen MR) is 103 cm³/mol. The van der Waals surface area contributed by atoms with E-state index in [2.05, 4.69) is 31.4 Å². The summed E-state index contributed by atoms with van der Waals surface area (Å²) in [6, 6.07) is 8.87. The number of carbonyl (C=O) groups is 1. The van der Waals surface area contributed by atoms with Gasteiger partial charge in [0.05, 0.1) is 21.7 Å². The number of nitrogens with one attached hydrogen (secondary N) is 1. The second-order valence-electron chi connectivity index (χ2n) is 5.21. The van der Waals surface area contributed by atoms with Gasteiger partial charge >= 0.3 is 0 Å². The van der Waals surface area contributed by atoms with E-state index in [1.165, 1.54) is 30.6 Å². The highest BCUT2D eigenvalue weighted by molar-refractivity contribution is 9.10. The summed E-state index contributed by atoms with van der Waals surface area (Å²) in [6.07, 6.45) is 4.27. The molecule has 136 valence electrons. The average Bonchev–Trinajstić information content (AvgIpc) is 3.10.